The molecule has 0 aromatic carbocycles. The molecule has 0 radical (unpaired) electrons. The van der Waals surface area contributed by atoms with E-state index in [2.05, 4.69) is 6.92 Å². The Morgan fingerprint density at radius 3 is 1.92 bits per heavy atom. The number of nitrogens with two attached hydrogens (primary N) is 3. The van der Waals surface area contributed by atoms with Gasteiger partial charge >= 0.3 is 0 Å². The van der Waals surface area contributed by atoms with Gasteiger partial charge in [-0.3, -0.25) is 0 Å². The van der Waals surface area contributed by atoms with E-state index in [1.54, 1.807) is 0 Å². The van der Waals surface area contributed by atoms with Crippen LogP contribution in [0.4, 0.5) is 0 Å². The lowest BCUT2D eigenvalue weighted by Gasteiger charge is -2.27. The van der Waals surface area contributed by atoms with Crippen LogP contribution in [0.15, 0.2) is 0 Å². The third-order valence-electron chi connectivity index (χ3n) is 2.98. The monoisotopic (exact) mass is 171 g/mol. The van der Waals surface area contributed by atoms with Crippen LogP contribution in [-0.2, 0) is 0 Å². The van der Waals surface area contributed by atoms with Gasteiger partial charge in [-0.05, 0) is 40.2 Å². The SMILES string of the molecule is CC(C)(N)CC1(CN)CC1(C)N. The average molecular weight is 171 g/mol. The lowest BCUT2D eigenvalue weighted by atomic mass is 9.86. The highest BCUT2D eigenvalue weighted by Crippen LogP contribution is 2.57. The van der Waals surface area contributed by atoms with Gasteiger partial charge in [-0.2, -0.15) is 0 Å². The number of hydrogen-bond donors (Lipinski definition) is 3. The first-order chi connectivity index (χ1) is 5.22. The van der Waals surface area contributed by atoms with Gasteiger partial charge in [0.1, 0.15) is 0 Å². The highest BCUT2D eigenvalue weighted by atomic mass is 14.9. The molecule has 0 heterocycles. The molecular formula is C9H21N3. The molecular weight excluding hydrogens is 150 g/mol. The Labute approximate surface area is 74.7 Å². The largest absolute Gasteiger partial charge is 0.330 e. The molecule has 12 heavy (non-hydrogen) atoms. The van der Waals surface area contributed by atoms with Crippen LogP contribution in [0.1, 0.15) is 33.6 Å². The van der Waals surface area contributed by atoms with Gasteiger partial charge in [0.15, 0.2) is 0 Å². The Balaban J connectivity index is 2.62. The fraction of sp³-hybridized carbons (Fsp3) is 1.00. The molecule has 0 aliphatic heterocycles. The molecule has 2 unspecified atom stereocenters. The number of hydrogen-bond acceptors (Lipinski definition) is 3. The van der Waals surface area contributed by atoms with Crippen LogP contribution in [0.5, 0.6) is 0 Å². The average Bonchev–Trinajstić information content (AvgIpc) is 2.30. The fourth-order valence-corrected chi connectivity index (χ4v) is 2.17. The van der Waals surface area contributed by atoms with Gasteiger partial charge in [0, 0.05) is 16.5 Å². The maximum atomic E-state index is 6.03. The minimum absolute atomic E-state index is 0.0849. The predicted molar refractivity (Wildman–Crippen MR) is 51.6 cm³/mol. The molecule has 0 spiro atoms. The fourth-order valence-electron chi connectivity index (χ4n) is 2.17. The predicted octanol–water partition coefficient (Wildman–Crippen LogP) is 0.180. The zero-order chi connectivity index (χ0) is 9.62. The van der Waals surface area contributed by atoms with E-state index in [0.717, 1.165) is 12.8 Å². The zero-order valence-electron chi connectivity index (χ0n) is 8.35. The van der Waals surface area contributed by atoms with Crippen molar-refractivity contribution in [1.29, 1.82) is 0 Å². The Morgan fingerprint density at radius 2 is 1.83 bits per heavy atom. The van der Waals surface area contributed by atoms with Gasteiger partial charge in [-0.1, -0.05) is 0 Å². The molecule has 6 N–H and O–H groups in total. The van der Waals surface area contributed by atoms with Gasteiger partial charge in [0.05, 0.1) is 0 Å². The zero-order valence-corrected chi connectivity index (χ0v) is 8.35. The summed E-state index contributed by atoms with van der Waals surface area (Å²) in [5.74, 6) is 0. The molecule has 0 aromatic rings. The van der Waals surface area contributed by atoms with E-state index < -0.39 is 0 Å². The molecule has 2 atom stereocenters. The van der Waals surface area contributed by atoms with E-state index in [0.29, 0.717) is 6.54 Å². The van der Waals surface area contributed by atoms with E-state index in [-0.39, 0.29) is 16.5 Å². The lowest BCUT2D eigenvalue weighted by molar-refractivity contribution is 0.314. The Kier molecular flexibility index (Phi) is 2.02. The van der Waals surface area contributed by atoms with Crippen LogP contribution >= 0.6 is 0 Å². The maximum absolute atomic E-state index is 6.03. The van der Waals surface area contributed by atoms with E-state index in [1.165, 1.54) is 0 Å². The molecule has 1 fully saturated rings. The number of rotatable bonds is 3. The molecule has 1 rings (SSSR count). The van der Waals surface area contributed by atoms with E-state index in [9.17, 15) is 0 Å². The summed E-state index contributed by atoms with van der Waals surface area (Å²) in [6.45, 7) is 6.77. The standard InChI is InChI=1S/C9H21N3/c1-7(2,11)4-9(6-10)5-8(9,3)12/h4-6,10-12H2,1-3H3. The second-order valence-electron chi connectivity index (χ2n) is 5.24. The summed E-state index contributed by atoms with van der Waals surface area (Å²) >= 11 is 0. The molecule has 1 aliphatic carbocycles. The van der Waals surface area contributed by atoms with E-state index in [1.807, 2.05) is 13.8 Å². The minimum atomic E-state index is -0.156. The Bertz CT molecular complexity index is 181. The van der Waals surface area contributed by atoms with E-state index >= 15 is 0 Å². The van der Waals surface area contributed by atoms with Crippen molar-refractivity contribution in [2.45, 2.75) is 44.7 Å². The summed E-state index contributed by atoms with van der Waals surface area (Å²) in [6, 6.07) is 0. The first-order valence-corrected chi connectivity index (χ1v) is 4.50. The maximum Gasteiger partial charge on any atom is 0.0202 e. The lowest BCUT2D eigenvalue weighted by Crippen LogP contribution is -2.42. The summed E-state index contributed by atoms with van der Waals surface area (Å²) in [5, 5.41) is 0. The highest BCUT2D eigenvalue weighted by molar-refractivity contribution is 5.19. The Hall–Kier alpha value is -0.120. The van der Waals surface area contributed by atoms with Crippen LogP contribution in [0.3, 0.4) is 0 Å². The van der Waals surface area contributed by atoms with Crippen LogP contribution in [0.25, 0.3) is 0 Å². The van der Waals surface area contributed by atoms with Crippen molar-refractivity contribution in [1.82, 2.24) is 0 Å². The molecule has 1 saturated carbocycles. The van der Waals surface area contributed by atoms with Crippen LogP contribution < -0.4 is 17.2 Å². The quantitative estimate of drug-likeness (QED) is 0.567. The van der Waals surface area contributed by atoms with Crippen molar-refractivity contribution in [2.75, 3.05) is 6.54 Å². The molecule has 0 amide bonds. The van der Waals surface area contributed by atoms with E-state index in [4.69, 9.17) is 17.2 Å². The molecule has 3 heteroatoms. The Morgan fingerprint density at radius 1 is 1.42 bits per heavy atom. The van der Waals surface area contributed by atoms with Crippen LogP contribution in [-0.4, -0.2) is 17.6 Å². The second-order valence-corrected chi connectivity index (χ2v) is 5.24. The molecule has 0 bridgehead atoms. The van der Waals surface area contributed by atoms with Gasteiger partial charge in [0.25, 0.3) is 0 Å². The summed E-state index contributed by atoms with van der Waals surface area (Å²) in [6.07, 6.45) is 1.93. The third-order valence-corrected chi connectivity index (χ3v) is 2.98. The van der Waals surface area contributed by atoms with Crippen molar-refractivity contribution >= 4 is 0 Å². The van der Waals surface area contributed by atoms with Crippen molar-refractivity contribution in [3.8, 4) is 0 Å². The van der Waals surface area contributed by atoms with Gasteiger partial charge in [-0.25, -0.2) is 0 Å². The summed E-state index contributed by atoms with van der Waals surface area (Å²) in [4.78, 5) is 0. The second kappa shape index (κ2) is 2.44. The van der Waals surface area contributed by atoms with Gasteiger partial charge in [0.2, 0.25) is 0 Å². The molecule has 0 saturated heterocycles. The summed E-state index contributed by atoms with van der Waals surface area (Å²) < 4.78 is 0. The molecule has 1 aliphatic rings. The van der Waals surface area contributed by atoms with Gasteiger partial charge in [-0.15, -0.1) is 0 Å². The first-order valence-electron chi connectivity index (χ1n) is 4.50. The smallest absolute Gasteiger partial charge is 0.0202 e. The van der Waals surface area contributed by atoms with Crippen molar-refractivity contribution < 1.29 is 0 Å². The van der Waals surface area contributed by atoms with Crippen molar-refractivity contribution in [3.05, 3.63) is 0 Å². The van der Waals surface area contributed by atoms with Crippen LogP contribution in [0, 0.1) is 5.41 Å². The molecule has 0 aromatic heterocycles. The third kappa shape index (κ3) is 1.63. The van der Waals surface area contributed by atoms with Gasteiger partial charge < -0.3 is 17.2 Å². The topological polar surface area (TPSA) is 78.1 Å². The minimum Gasteiger partial charge on any atom is -0.330 e. The molecule has 3 nitrogen and oxygen atoms in total. The molecule has 72 valence electrons. The highest BCUT2D eigenvalue weighted by Gasteiger charge is 2.61. The van der Waals surface area contributed by atoms with Crippen LogP contribution in [0.2, 0.25) is 0 Å². The summed E-state index contributed by atoms with van der Waals surface area (Å²) in [5.41, 5.74) is 17.6. The van der Waals surface area contributed by atoms with Crippen molar-refractivity contribution in [3.63, 3.8) is 0 Å². The summed E-state index contributed by atoms with van der Waals surface area (Å²) in [7, 11) is 0. The van der Waals surface area contributed by atoms with Crippen molar-refractivity contribution in [2.24, 2.45) is 22.6 Å². The normalized spacial score (nSPS) is 41.5. The first kappa shape index (κ1) is 9.96.